The van der Waals surface area contributed by atoms with E-state index in [0.717, 1.165) is 22.6 Å². The number of benzene rings is 2. The number of carbonyl (C=O) groups excluding carboxylic acids is 2. The third kappa shape index (κ3) is 4.46. The Kier molecular flexibility index (Phi) is 5.60. The standard InChI is InChI=1S/C21H17ClFN3O2S/c22-14-5-1-12(2-6-14)11-24-20(28)16-9-10-17-18(16)25-21(29-17)26-19(27)13-3-7-15(23)8-4-13/h1-8,16H,9-11H2,(H,24,28)(H,25,26,27). The van der Waals surface area contributed by atoms with Gasteiger partial charge in [-0.05, 0) is 54.8 Å². The Morgan fingerprint density at radius 3 is 2.59 bits per heavy atom. The number of aromatic nitrogens is 1. The maximum atomic E-state index is 13.0. The molecule has 1 aliphatic carbocycles. The van der Waals surface area contributed by atoms with Gasteiger partial charge >= 0.3 is 0 Å². The van der Waals surface area contributed by atoms with Crippen molar-refractivity contribution in [3.63, 3.8) is 0 Å². The second-order valence-electron chi connectivity index (χ2n) is 6.72. The number of nitrogens with one attached hydrogen (secondary N) is 2. The summed E-state index contributed by atoms with van der Waals surface area (Å²) in [4.78, 5) is 30.4. The average molecular weight is 430 g/mol. The first-order chi connectivity index (χ1) is 14.0. The normalized spacial score (nSPS) is 15.0. The number of carbonyl (C=O) groups is 2. The zero-order chi connectivity index (χ0) is 20.4. The van der Waals surface area contributed by atoms with Gasteiger partial charge in [-0.15, -0.1) is 11.3 Å². The fraction of sp³-hybridized carbons (Fsp3) is 0.190. The molecule has 5 nitrogen and oxygen atoms in total. The number of hydrogen-bond donors (Lipinski definition) is 2. The molecule has 2 N–H and O–H groups in total. The second kappa shape index (κ2) is 8.31. The lowest BCUT2D eigenvalue weighted by Gasteiger charge is -2.11. The molecular formula is C21H17ClFN3O2S. The van der Waals surface area contributed by atoms with Crippen LogP contribution in [-0.4, -0.2) is 16.8 Å². The van der Waals surface area contributed by atoms with Gasteiger partial charge in [0.1, 0.15) is 5.82 Å². The predicted octanol–water partition coefficient (Wildman–Crippen LogP) is 4.53. The molecule has 0 bridgehead atoms. The Morgan fingerprint density at radius 2 is 1.86 bits per heavy atom. The number of nitrogens with zero attached hydrogens (tertiary/aromatic N) is 1. The van der Waals surface area contributed by atoms with Gasteiger partial charge in [0.05, 0.1) is 11.6 Å². The molecule has 0 saturated carbocycles. The minimum Gasteiger partial charge on any atom is -0.351 e. The van der Waals surface area contributed by atoms with E-state index in [4.69, 9.17) is 11.6 Å². The molecule has 4 rings (SSSR count). The Bertz CT molecular complexity index is 1050. The second-order valence-corrected chi connectivity index (χ2v) is 8.24. The third-order valence-electron chi connectivity index (χ3n) is 4.74. The molecule has 29 heavy (non-hydrogen) atoms. The lowest BCUT2D eigenvalue weighted by Crippen LogP contribution is -2.28. The Labute approximate surface area is 175 Å². The van der Waals surface area contributed by atoms with Crippen molar-refractivity contribution >= 4 is 39.9 Å². The highest BCUT2D eigenvalue weighted by molar-refractivity contribution is 7.16. The summed E-state index contributed by atoms with van der Waals surface area (Å²) in [6.07, 6.45) is 1.45. The highest BCUT2D eigenvalue weighted by Gasteiger charge is 2.32. The topological polar surface area (TPSA) is 71.1 Å². The van der Waals surface area contributed by atoms with E-state index in [9.17, 15) is 14.0 Å². The van der Waals surface area contributed by atoms with Gasteiger partial charge in [-0.3, -0.25) is 14.9 Å². The maximum absolute atomic E-state index is 13.0. The van der Waals surface area contributed by atoms with Crippen molar-refractivity contribution in [2.24, 2.45) is 0 Å². The van der Waals surface area contributed by atoms with Gasteiger partial charge in [0, 0.05) is 22.0 Å². The number of amides is 2. The van der Waals surface area contributed by atoms with Crippen LogP contribution in [0.2, 0.25) is 5.02 Å². The van der Waals surface area contributed by atoms with E-state index in [2.05, 4.69) is 15.6 Å². The maximum Gasteiger partial charge on any atom is 0.257 e. The molecule has 0 spiro atoms. The molecular weight excluding hydrogens is 413 g/mol. The van der Waals surface area contributed by atoms with Gasteiger partial charge in [0.2, 0.25) is 5.91 Å². The number of anilines is 1. The monoisotopic (exact) mass is 429 g/mol. The van der Waals surface area contributed by atoms with Gasteiger partial charge < -0.3 is 5.32 Å². The molecule has 1 aromatic heterocycles. The van der Waals surface area contributed by atoms with Crippen molar-refractivity contribution in [3.8, 4) is 0 Å². The van der Waals surface area contributed by atoms with Crippen molar-refractivity contribution in [3.05, 3.63) is 81.1 Å². The molecule has 1 unspecified atom stereocenters. The van der Waals surface area contributed by atoms with E-state index in [1.54, 1.807) is 12.1 Å². The van der Waals surface area contributed by atoms with E-state index >= 15 is 0 Å². The quantitative estimate of drug-likeness (QED) is 0.625. The SMILES string of the molecule is O=C(Nc1nc2c(s1)CCC2C(=O)NCc1ccc(Cl)cc1)c1ccc(F)cc1. The van der Waals surface area contributed by atoms with Crippen LogP contribution in [0.5, 0.6) is 0 Å². The van der Waals surface area contributed by atoms with E-state index in [1.807, 2.05) is 12.1 Å². The fourth-order valence-corrected chi connectivity index (χ4v) is 4.38. The van der Waals surface area contributed by atoms with Crippen molar-refractivity contribution in [2.45, 2.75) is 25.3 Å². The van der Waals surface area contributed by atoms with Gasteiger partial charge in [0.15, 0.2) is 5.13 Å². The lowest BCUT2D eigenvalue weighted by molar-refractivity contribution is -0.122. The van der Waals surface area contributed by atoms with Crippen molar-refractivity contribution in [2.75, 3.05) is 5.32 Å². The summed E-state index contributed by atoms with van der Waals surface area (Å²) in [7, 11) is 0. The van der Waals surface area contributed by atoms with Crippen molar-refractivity contribution in [1.29, 1.82) is 0 Å². The smallest absolute Gasteiger partial charge is 0.257 e. The third-order valence-corrected chi connectivity index (χ3v) is 6.04. The van der Waals surface area contributed by atoms with Crippen LogP contribution < -0.4 is 10.6 Å². The Balaban J connectivity index is 1.40. The Morgan fingerprint density at radius 1 is 1.14 bits per heavy atom. The van der Waals surface area contributed by atoms with E-state index in [1.165, 1.54) is 35.6 Å². The van der Waals surface area contributed by atoms with Crippen LogP contribution in [0.25, 0.3) is 0 Å². The van der Waals surface area contributed by atoms with E-state index in [-0.39, 0.29) is 17.7 Å². The fourth-order valence-electron chi connectivity index (χ4n) is 3.22. The molecule has 148 valence electrons. The molecule has 8 heteroatoms. The summed E-state index contributed by atoms with van der Waals surface area (Å²) in [6.45, 7) is 0.417. The predicted molar refractivity (Wildman–Crippen MR) is 111 cm³/mol. The lowest BCUT2D eigenvalue weighted by atomic mass is 10.1. The zero-order valence-corrected chi connectivity index (χ0v) is 16.8. The molecule has 0 fully saturated rings. The minimum atomic E-state index is -0.401. The number of fused-ring (bicyclic) bond motifs is 1. The van der Waals surface area contributed by atoms with E-state index < -0.39 is 5.82 Å². The average Bonchev–Trinajstić information content (AvgIpc) is 3.28. The molecule has 0 radical (unpaired) electrons. The number of rotatable bonds is 5. The van der Waals surface area contributed by atoms with Gasteiger partial charge in [0.25, 0.3) is 5.91 Å². The summed E-state index contributed by atoms with van der Waals surface area (Å²) < 4.78 is 13.0. The van der Waals surface area contributed by atoms with E-state index in [0.29, 0.717) is 28.7 Å². The number of thiazole rings is 1. The molecule has 0 saturated heterocycles. The summed E-state index contributed by atoms with van der Waals surface area (Å²) >= 11 is 7.25. The first kappa shape index (κ1) is 19.5. The number of halogens is 2. The minimum absolute atomic E-state index is 0.0830. The Hall–Kier alpha value is -2.77. The first-order valence-corrected chi connectivity index (χ1v) is 10.3. The first-order valence-electron chi connectivity index (χ1n) is 9.08. The van der Waals surface area contributed by atoms with Crippen LogP contribution in [-0.2, 0) is 17.8 Å². The highest BCUT2D eigenvalue weighted by atomic mass is 35.5. The van der Waals surface area contributed by atoms with Crippen molar-refractivity contribution in [1.82, 2.24) is 10.3 Å². The molecule has 2 aromatic carbocycles. The number of aryl methyl sites for hydroxylation is 1. The summed E-state index contributed by atoms with van der Waals surface area (Å²) in [5, 5.41) is 6.77. The summed E-state index contributed by atoms with van der Waals surface area (Å²) in [5.74, 6) is -1.17. The van der Waals surface area contributed by atoms with Gasteiger partial charge in [-0.25, -0.2) is 9.37 Å². The number of hydrogen-bond acceptors (Lipinski definition) is 4. The van der Waals surface area contributed by atoms with Crippen molar-refractivity contribution < 1.29 is 14.0 Å². The molecule has 1 aliphatic rings. The van der Waals surface area contributed by atoms with Crippen LogP contribution in [0.4, 0.5) is 9.52 Å². The highest BCUT2D eigenvalue weighted by Crippen LogP contribution is 2.38. The summed E-state index contributed by atoms with van der Waals surface area (Å²) in [5.41, 5.74) is 2.03. The molecule has 1 heterocycles. The molecule has 0 aliphatic heterocycles. The van der Waals surface area contributed by atoms with Crippen LogP contribution in [0, 0.1) is 5.82 Å². The van der Waals surface area contributed by atoms with Crippen LogP contribution >= 0.6 is 22.9 Å². The van der Waals surface area contributed by atoms with Gasteiger partial charge in [-0.2, -0.15) is 0 Å². The molecule has 3 aromatic rings. The van der Waals surface area contributed by atoms with Crippen LogP contribution in [0.3, 0.4) is 0 Å². The zero-order valence-electron chi connectivity index (χ0n) is 15.2. The van der Waals surface area contributed by atoms with Gasteiger partial charge in [-0.1, -0.05) is 23.7 Å². The van der Waals surface area contributed by atoms with Crippen LogP contribution in [0.15, 0.2) is 48.5 Å². The molecule has 2 amide bonds. The van der Waals surface area contributed by atoms with Crippen LogP contribution in [0.1, 0.15) is 38.8 Å². The largest absolute Gasteiger partial charge is 0.351 e. The summed E-state index contributed by atoms with van der Waals surface area (Å²) in [6, 6.07) is 12.6. The molecule has 1 atom stereocenters.